The number of rotatable bonds is 15. The van der Waals surface area contributed by atoms with Crippen LogP contribution < -0.4 is 10.1 Å². The summed E-state index contributed by atoms with van der Waals surface area (Å²) in [5.41, 5.74) is 4.25. The smallest absolute Gasteiger partial charge is 0.119 e. The van der Waals surface area contributed by atoms with E-state index in [1.165, 1.54) is 36.0 Å². The molecule has 192 valence electrons. The Kier molecular flexibility index (Phi) is 9.65. The number of hydrogen-bond donors (Lipinski definition) is 2. The fourth-order valence-corrected chi connectivity index (χ4v) is 5.72. The van der Waals surface area contributed by atoms with E-state index in [0.717, 1.165) is 63.4 Å². The van der Waals surface area contributed by atoms with Gasteiger partial charge in [0.1, 0.15) is 5.75 Å². The molecule has 4 heteroatoms. The van der Waals surface area contributed by atoms with Gasteiger partial charge in [0.2, 0.25) is 0 Å². The second kappa shape index (κ2) is 12.9. The fraction of sp³-hybridized carbons (Fsp3) is 0.613. The molecule has 0 spiro atoms. The summed E-state index contributed by atoms with van der Waals surface area (Å²) in [7, 11) is 1.75. The Morgan fingerprint density at radius 1 is 0.971 bits per heavy atom. The highest BCUT2D eigenvalue weighted by molar-refractivity contribution is 5.39. The van der Waals surface area contributed by atoms with Crippen molar-refractivity contribution in [2.24, 2.45) is 11.8 Å². The van der Waals surface area contributed by atoms with Crippen molar-refractivity contribution >= 4 is 0 Å². The van der Waals surface area contributed by atoms with Crippen molar-refractivity contribution in [3.63, 3.8) is 0 Å². The number of ether oxygens (including phenoxy) is 1. The Labute approximate surface area is 213 Å². The summed E-state index contributed by atoms with van der Waals surface area (Å²) >= 11 is 0. The molecular weight excluding hydrogens is 432 g/mol. The molecule has 4 unspecified atom stereocenters. The number of aliphatic hydroxyl groups excluding tert-OH is 1. The van der Waals surface area contributed by atoms with Crippen LogP contribution in [0.3, 0.4) is 0 Å². The second-order valence-corrected chi connectivity index (χ2v) is 11.0. The summed E-state index contributed by atoms with van der Waals surface area (Å²) in [5.74, 6) is 2.42. The quantitative estimate of drug-likeness (QED) is 0.349. The minimum atomic E-state index is -0.282. The molecule has 2 aliphatic carbocycles. The van der Waals surface area contributed by atoms with E-state index in [4.69, 9.17) is 4.74 Å². The van der Waals surface area contributed by atoms with Crippen LogP contribution in [0.2, 0.25) is 0 Å². The molecular formula is C31H46N2O2. The average molecular weight is 479 g/mol. The third-order valence-corrected chi connectivity index (χ3v) is 8.13. The normalized spacial score (nSPS) is 20.0. The SMILES string of the molecule is CCCC(CCC(O)C(C)N(CC1CC1)CC1Cc2ccc(OC)cc2C1)NCc1ccccc1. The van der Waals surface area contributed by atoms with E-state index in [1.807, 2.05) is 0 Å². The molecule has 2 N–H and O–H groups in total. The maximum atomic E-state index is 11.3. The van der Waals surface area contributed by atoms with E-state index in [1.54, 1.807) is 7.11 Å². The molecule has 1 saturated carbocycles. The monoisotopic (exact) mass is 478 g/mol. The summed E-state index contributed by atoms with van der Waals surface area (Å²) in [6, 6.07) is 17.8. The Morgan fingerprint density at radius 3 is 2.43 bits per heavy atom. The lowest BCUT2D eigenvalue weighted by atomic mass is 9.97. The van der Waals surface area contributed by atoms with Crippen LogP contribution in [0, 0.1) is 11.8 Å². The van der Waals surface area contributed by atoms with Crippen molar-refractivity contribution in [3.05, 3.63) is 65.2 Å². The molecule has 2 aromatic carbocycles. The first-order chi connectivity index (χ1) is 17.1. The first kappa shape index (κ1) is 26.2. The molecule has 0 bridgehead atoms. The molecule has 4 nitrogen and oxygen atoms in total. The van der Waals surface area contributed by atoms with E-state index in [-0.39, 0.29) is 12.1 Å². The van der Waals surface area contributed by atoms with Crippen LogP contribution in [-0.4, -0.2) is 48.4 Å². The number of hydrogen-bond acceptors (Lipinski definition) is 4. The van der Waals surface area contributed by atoms with Crippen LogP contribution in [0.25, 0.3) is 0 Å². The summed E-state index contributed by atoms with van der Waals surface area (Å²) < 4.78 is 5.44. The zero-order valence-corrected chi connectivity index (χ0v) is 22.1. The topological polar surface area (TPSA) is 44.7 Å². The van der Waals surface area contributed by atoms with Gasteiger partial charge in [-0.1, -0.05) is 49.7 Å². The van der Waals surface area contributed by atoms with Gasteiger partial charge in [0.05, 0.1) is 13.2 Å². The van der Waals surface area contributed by atoms with Crippen molar-refractivity contribution in [1.82, 2.24) is 10.2 Å². The van der Waals surface area contributed by atoms with Gasteiger partial charge in [0.25, 0.3) is 0 Å². The van der Waals surface area contributed by atoms with E-state index in [9.17, 15) is 5.11 Å². The van der Waals surface area contributed by atoms with Gasteiger partial charge in [-0.2, -0.15) is 0 Å². The van der Waals surface area contributed by atoms with Gasteiger partial charge >= 0.3 is 0 Å². The Bertz CT molecular complexity index is 898. The van der Waals surface area contributed by atoms with Gasteiger partial charge in [-0.3, -0.25) is 4.90 Å². The minimum Gasteiger partial charge on any atom is -0.497 e. The molecule has 0 heterocycles. The van der Waals surface area contributed by atoms with Gasteiger partial charge in [0, 0.05) is 31.7 Å². The van der Waals surface area contributed by atoms with Gasteiger partial charge in [0.15, 0.2) is 0 Å². The fourth-order valence-electron chi connectivity index (χ4n) is 5.72. The first-order valence-electron chi connectivity index (χ1n) is 13.9. The molecule has 0 amide bonds. The number of methoxy groups -OCH3 is 1. The summed E-state index contributed by atoms with van der Waals surface area (Å²) in [4.78, 5) is 2.61. The maximum Gasteiger partial charge on any atom is 0.119 e. The predicted molar refractivity (Wildman–Crippen MR) is 145 cm³/mol. The summed E-state index contributed by atoms with van der Waals surface area (Å²) in [5, 5.41) is 15.0. The van der Waals surface area contributed by atoms with Crippen LogP contribution in [-0.2, 0) is 19.4 Å². The van der Waals surface area contributed by atoms with Crippen LogP contribution in [0.4, 0.5) is 0 Å². The number of aliphatic hydroxyl groups is 1. The van der Waals surface area contributed by atoms with Gasteiger partial charge < -0.3 is 15.2 Å². The molecule has 2 aliphatic rings. The minimum absolute atomic E-state index is 0.199. The number of nitrogens with one attached hydrogen (secondary N) is 1. The maximum absolute atomic E-state index is 11.3. The number of nitrogens with zero attached hydrogens (tertiary/aromatic N) is 1. The first-order valence-corrected chi connectivity index (χ1v) is 13.9. The van der Waals surface area contributed by atoms with Crippen molar-refractivity contribution in [2.45, 2.75) is 89.9 Å². The number of benzene rings is 2. The predicted octanol–water partition coefficient (Wildman–Crippen LogP) is 5.61. The highest BCUT2D eigenvalue weighted by Crippen LogP contribution is 2.34. The lowest BCUT2D eigenvalue weighted by Gasteiger charge is -2.35. The van der Waals surface area contributed by atoms with Gasteiger partial charge in [-0.05, 0) is 92.5 Å². The molecule has 35 heavy (non-hydrogen) atoms. The molecule has 4 rings (SSSR count). The largest absolute Gasteiger partial charge is 0.497 e. The molecule has 0 aliphatic heterocycles. The van der Waals surface area contributed by atoms with E-state index >= 15 is 0 Å². The average Bonchev–Trinajstić information content (AvgIpc) is 3.61. The Morgan fingerprint density at radius 2 is 1.71 bits per heavy atom. The van der Waals surface area contributed by atoms with Crippen LogP contribution in [0.5, 0.6) is 5.75 Å². The van der Waals surface area contributed by atoms with Crippen molar-refractivity contribution in [1.29, 1.82) is 0 Å². The third kappa shape index (κ3) is 7.80. The Balaban J connectivity index is 1.29. The zero-order chi connectivity index (χ0) is 24.6. The van der Waals surface area contributed by atoms with E-state index in [2.05, 4.69) is 72.6 Å². The lowest BCUT2D eigenvalue weighted by molar-refractivity contribution is 0.0389. The van der Waals surface area contributed by atoms with E-state index in [0.29, 0.717) is 12.0 Å². The molecule has 2 aromatic rings. The van der Waals surface area contributed by atoms with Crippen molar-refractivity contribution in [3.8, 4) is 5.75 Å². The molecule has 1 fully saturated rings. The van der Waals surface area contributed by atoms with E-state index < -0.39 is 0 Å². The van der Waals surface area contributed by atoms with Crippen LogP contribution in [0.1, 0.15) is 69.1 Å². The van der Waals surface area contributed by atoms with Crippen molar-refractivity contribution < 1.29 is 9.84 Å². The lowest BCUT2D eigenvalue weighted by Crippen LogP contribution is -2.45. The third-order valence-electron chi connectivity index (χ3n) is 8.13. The molecule has 0 saturated heterocycles. The van der Waals surface area contributed by atoms with Gasteiger partial charge in [-0.15, -0.1) is 0 Å². The molecule has 4 atom stereocenters. The molecule has 0 radical (unpaired) electrons. The number of fused-ring (bicyclic) bond motifs is 1. The molecule has 0 aromatic heterocycles. The summed E-state index contributed by atoms with van der Waals surface area (Å²) in [6.45, 7) is 7.63. The van der Waals surface area contributed by atoms with Crippen molar-refractivity contribution in [2.75, 3.05) is 20.2 Å². The zero-order valence-electron chi connectivity index (χ0n) is 22.1. The highest BCUT2D eigenvalue weighted by Gasteiger charge is 2.32. The standard InChI is InChI=1S/C31H46N2O2/c1-4-8-29(32-20-24-9-6-5-7-10-24)14-16-31(34)23(2)33(21-25-11-12-25)22-26-17-27-13-15-30(35-3)19-28(27)18-26/h5-7,9-10,13,15,19,23,25-26,29,31-32,34H,4,8,11-12,14,16-18,20-22H2,1-3H3. The van der Waals surface area contributed by atoms with Crippen LogP contribution >= 0.6 is 0 Å². The second-order valence-electron chi connectivity index (χ2n) is 11.0. The van der Waals surface area contributed by atoms with Gasteiger partial charge in [-0.25, -0.2) is 0 Å². The Hall–Kier alpha value is -1.88. The highest BCUT2D eigenvalue weighted by atomic mass is 16.5. The summed E-state index contributed by atoms with van der Waals surface area (Å²) in [6.07, 6.45) is 8.89. The van der Waals surface area contributed by atoms with Crippen LogP contribution in [0.15, 0.2) is 48.5 Å².